The van der Waals surface area contributed by atoms with E-state index >= 15 is 0 Å². The normalized spacial score (nSPS) is 16.8. The summed E-state index contributed by atoms with van der Waals surface area (Å²) in [6, 6.07) is 0. The number of amides is 1. The van der Waals surface area contributed by atoms with Gasteiger partial charge >= 0.3 is 6.09 Å². The molecule has 1 amide bonds. The number of alkyl carbamates (subject to hydrolysis) is 1. The summed E-state index contributed by atoms with van der Waals surface area (Å²) in [6.07, 6.45) is -0.325. The number of hydrogen-bond donors (Lipinski definition) is 1. The fourth-order valence-electron chi connectivity index (χ4n) is 0.904. The smallest absolute Gasteiger partial charge is 0.407 e. The van der Waals surface area contributed by atoms with Gasteiger partial charge in [-0.15, -0.1) is 0 Å². The van der Waals surface area contributed by atoms with E-state index < -0.39 is 0 Å². The molecule has 0 aromatic rings. The third-order valence-corrected chi connectivity index (χ3v) is 1.66. The quantitative estimate of drug-likeness (QED) is 0.664. The van der Waals surface area contributed by atoms with E-state index in [2.05, 4.69) is 10.2 Å². The number of hydrogen-bond acceptors (Lipinski definition) is 3. The van der Waals surface area contributed by atoms with Gasteiger partial charge in [-0.1, -0.05) is 0 Å². The number of nitrogens with zero attached hydrogens (tertiary/aromatic N) is 1. The second-order valence-corrected chi connectivity index (χ2v) is 4.35. The van der Waals surface area contributed by atoms with Crippen molar-refractivity contribution in [2.75, 3.05) is 26.2 Å². The SMILES string of the molecule is CC(C)(C)NC(=O)OCCN1CC1. The molecule has 1 saturated heterocycles. The van der Waals surface area contributed by atoms with Crippen molar-refractivity contribution in [2.24, 2.45) is 0 Å². The van der Waals surface area contributed by atoms with E-state index in [1.165, 1.54) is 0 Å². The van der Waals surface area contributed by atoms with Crippen molar-refractivity contribution in [3.05, 3.63) is 0 Å². The molecular weight excluding hydrogens is 168 g/mol. The highest BCUT2D eigenvalue weighted by Crippen LogP contribution is 2.02. The number of carbonyl (C=O) groups excluding carboxylic acids is 1. The molecule has 0 unspecified atom stereocenters. The zero-order valence-corrected chi connectivity index (χ0v) is 8.59. The maximum absolute atomic E-state index is 11.1. The summed E-state index contributed by atoms with van der Waals surface area (Å²) < 4.78 is 4.98. The Balaban J connectivity index is 2.02. The predicted molar refractivity (Wildman–Crippen MR) is 50.7 cm³/mol. The Labute approximate surface area is 79.2 Å². The molecule has 1 heterocycles. The largest absolute Gasteiger partial charge is 0.448 e. The van der Waals surface area contributed by atoms with E-state index in [1.807, 2.05) is 20.8 Å². The number of nitrogens with one attached hydrogen (secondary N) is 1. The third-order valence-electron chi connectivity index (χ3n) is 1.66. The van der Waals surface area contributed by atoms with E-state index in [-0.39, 0.29) is 11.6 Å². The molecule has 1 fully saturated rings. The second kappa shape index (κ2) is 3.96. The molecule has 1 aliphatic heterocycles. The van der Waals surface area contributed by atoms with Gasteiger partial charge in [0.2, 0.25) is 0 Å². The molecule has 0 aromatic heterocycles. The fourth-order valence-corrected chi connectivity index (χ4v) is 0.904. The second-order valence-electron chi connectivity index (χ2n) is 4.35. The molecule has 0 spiro atoms. The first-order valence-corrected chi connectivity index (χ1v) is 4.65. The summed E-state index contributed by atoms with van der Waals surface area (Å²) in [5.41, 5.74) is -0.211. The zero-order chi connectivity index (χ0) is 9.90. The summed E-state index contributed by atoms with van der Waals surface area (Å²) in [4.78, 5) is 13.3. The van der Waals surface area contributed by atoms with Crippen molar-refractivity contribution in [1.82, 2.24) is 10.2 Å². The van der Waals surface area contributed by atoms with Crippen LogP contribution in [-0.4, -0.2) is 42.8 Å². The lowest BCUT2D eigenvalue weighted by atomic mass is 10.1. The highest BCUT2D eigenvalue weighted by molar-refractivity contribution is 5.68. The van der Waals surface area contributed by atoms with Gasteiger partial charge in [-0.05, 0) is 20.8 Å². The first kappa shape index (κ1) is 10.3. The lowest BCUT2D eigenvalue weighted by Crippen LogP contribution is -2.41. The molecule has 1 aliphatic rings. The standard InChI is InChI=1S/C9H18N2O2/c1-9(2,3)10-8(12)13-7-6-11-4-5-11/h4-7H2,1-3H3,(H,10,12). The minimum atomic E-state index is -0.325. The topological polar surface area (TPSA) is 41.3 Å². The molecule has 0 bridgehead atoms. The molecule has 0 saturated carbocycles. The maximum Gasteiger partial charge on any atom is 0.407 e. The molecule has 76 valence electrons. The van der Waals surface area contributed by atoms with Crippen molar-refractivity contribution in [2.45, 2.75) is 26.3 Å². The fraction of sp³-hybridized carbons (Fsp3) is 0.889. The molecule has 1 N–H and O–H groups in total. The Morgan fingerprint density at radius 3 is 2.54 bits per heavy atom. The van der Waals surface area contributed by atoms with Crippen molar-refractivity contribution >= 4 is 6.09 Å². The monoisotopic (exact) mass is 186 g/mol. The summed E-state index contributed by atoms with van der Waals surface area (Å²) in [5, 5.41) is 2.73. The van der Waals surface area contributed by atoms with Gasteiger partial charge in [0.1, 0.15) is 6.61 Å². The molecule has 0 aliphatic carbocycles. The van der Waals surface area contributed by atoms with Gasteiger partial charge in [-0.3, -0.25) is 4.90 Å². The summed E-state index contributed by atoms with van der Waals surface area (Å²) >= 11 is 0. The molecule has 0 radical (unpaired) electrons. The Bertz CT molecular complexity index is 183. The lowest BCUT2D eigenvalue weighted by molar-refractivity contribution is 0.134. The molecule has 4 nitrogen and oxygen atoms in total. The van der Waals surface area contributed by atoms with Gasteiger partial charge in [0.25, 0.3) is 0 Å². The van der Waals surface area contributed by atoms with E-state index in [1.54, 1.807) is 0 Å². The van der Waals surface area contributed by atoms with Crippen LogP contribution in [0.25, 0.3) is 0 Å². The van der Waals surface area contributed by atoms with Crippen LogP contribution in [-0.2, 0) is 4.74 Å². The van der Waals surface area contributed by atoms with E-state index in [0.717, 1.165) is 19.6 Å². The van der Waals surface area contributed by atoms with Gasteiger partial charge in [0.15, 0.2) is 0 Å². The molecule has 0 aromatic carbocycles. The Morgan fingerprint density at radius 2 is 2.08 bits per heavy atom. The Kier molecular flexibility index (Phi) is 3.14. The van der Waals surface area contributed by atoms with Crippen LogP contribution in [0.3, 0.4) is 0 Å². The lowest BCUT2D eigenvalue weighted by Gasteiger charge is -2.19. The molecule has 13 heavy (non-hydrogen) atoms. The van der Waals surface area contributed by atoms with Gasteiger partial charge in [0.05, 0.1) is 0 Å². The summed E-state index contributed by atoms with van der Waals surface area (Å²) in [7, 11) is 0. The highest BCUT2D eigenvalue weighted by atomic mass is 16.5. The van der Waals surface area contributed by atoms with Crippen molar-refractivity contribution < 1.29 is 9.53 Å². The summed E-state index contributed by atoms with van der Waals surface area (Å²) in [5.74, 6) is 0. The van der Waals surface area contributed by atoms with Gasteiger partial charge in [-0.2, -0.15) is 0 Å². The predicted octanol–water partition coefficient (Wildman–Crippen LogP) is 0.827. The van der Waals surface area contributed by atoms with Crippen LogP contribution >= 0.6 is 0 Å². The first-order chi connectivity index (χ1) is 5.97. The van der Waals surface area contributed by atoms with Crippen molar-refractivity contribution in [3.8, 4) is 0 Å². The molecule has 0 atom stereocenters. The van der Waals surface area contributed by atoms with Crippen LogP contribution in [0.2, 0.25) is 0 Å². The van der Waals surface area contributed by atoms with E-state index in [4.69, 9.17) is 4.74 Å². The van der Waals surface area contributed by atoms with Crippen LogP contribution in [0, 0.1) is 0 Å². The van der Waals surface area contributed by atoms with E-state index in [0.29, 0.717) is 6.61 Å². The van der Waals surface area contributed by atoms with Gasteiger partial charge < -0.3 is 10.1 Å². The van der Waals surface area contributed by atoms with Crippen LogP contribution < -0.4 is 5.32 Å². The minimum Gasteiger partial charge on any atom is -0.448 e. The zero-order valence-electron chi connectivity index (χ0n) is 8.59. The number of ether oxygens (including phenoxy) is 1. The first-order valence-electron chi connectivity index (χ1n) is 4.65. The van der Waals surface area contributed by atoms with E-state index in [9.17, 15) is 4.79 Å². The van der Waals surface area contributed by atoms with Crippen LogP contribution in [0.4, 0.5) is 4.79 Å². The molecule has 1 rings (SSSR count). The van der Waals surface area contributed by atoms with Crippen LogP contribution in [0.1, 0.15) is 20.8 Å². The van der Waals surface area contributed by atoms with Gasteiger partial charge in [0, 0.05) is 25.2 Å². The Hall–Kier alpha value is -0.770. The maximum atomic E-state index is 11.1. The Morgan fingerprint density at radius 1 is 1.46 bits per heavy atom. The summed E-state index contributed by atoms with van der Waals surface area (Å²) in [6.45, 7) is 9.42. The molecule has 4 heteroatoms. The third kappa shape index (κ3) is 5.47. The average Bonchev–Trinajstić information content (AvgIpc) is 2.66. The minimum absolute atomic E-state index is 0.211. The van der Waals surface area contributed by atoms with Crippen molar-refractivity contribution in [3.63, 3.8) is 0 Å². The van der Waals surface area contributed by atoms with Crippen LogP contribution in [0.5, 0.6) is 0 Å². The number of carbonyl (C=O) groups is 1. The van der Waals surface area contributed by atoms with Crippen LogP contribution in [0.15, 0.2) is 0 Å². The van der Waals surface area contributed by atoms with Crippen molar-refractivity contribution in [1.29, 1.82) is 0 Å². The highest BCUT2D eigenvalue weighted by Gasteiger charge is 2.18. The molecular formula is C9H18N2O2. The average molecular weight is 186 g/mol. The number of rotatable bonds is 3. The van der Waals surface area contributed by atoms with Gasteiger partial charge in [-0.25, -0.2) is 4.79 Å².